The average molecular weight is 193 g/mol. The molecule has 0 aliphatic heterocycles. The molecule has 1 rings (SSSR count). The largest absolute Gasteiger partial charge is 0.324 e. The Hall–Kier alpha value is -0.603. The molecule has 0 aromatic heterocycles. The topological polar surface area (TPSA) is 26.0 Å². The number of benzene rings is 1. The summed E-state index contributed by atoms with van der Waals surface area (Å²) in [5.74, 6) is 0. The molecule has 0 aliphatic carbocycles. The van der Waals surface area contributed by atoms with Crippen LogP contribution in [-0.4, -0.2) is 8.07 Å². The summed E-state index contributed by atoms with van der Waals surface area (Å²) in [5, 5.41) is 0. The van der Waals surface area contributed by atoms with Crippen LogP contribution < -0.4 is 5.73 Å². The summed E-state index contributed by atoms with van der Waals surface area (Å²) in [6, 6.07) is 11.8. The molecule has 0 fully saturated rings. The molecule has 1 aromatic rings. The normalized spacial score (nSPS) is 14.2. The second kappa shape index (κ2) is 4.07. The van der Waals surface area contributed by atoms with E-state index in [1.807, 2.05) is 6.07 Å². The fourth-order valence-electron chi connectivity index (χ4n) is 1.48. The van der Waals surface area contributed by atoms with Gasteiger partial charge in [-0.05, 0) is 11.6 Å². The third-order valence-electron chi connectivity index (χ3n) is 2.06. The maximum atomic E-state index is 6.12. The highest BCUT2D eigenvalue weighted by molar-refractivity contribution is 6.76. The van der Waals surface area contributed by atoms with Crippen molar-refractivity contribution in [3.63, 3.8) is 0 Å². The Balaban J connectivity index is 2.64. The van der Waals surface area contributed by atoms with Crippen LogP contribution in [0.1, 0.15) is 11.6 Å². The van der Waals surface area contributed by atoms with Gasteiger partial charge in [-0.2, -0.15) is 0 Å². The molecule has 2 heteroatoms. The third kappa shape index (κ3) is 3.74. The maximum Gasteiger partial charge on any atom is 0.0461 e. The van der Waals surface area contributed by atoms with Crippen LogP contribution >= 0.6 is 0 Å². The van der Waals surface area contributed by atoms with Gasteiger partial charge in [0.25, 0.3) is 0 Å². The fourth-order valence-corrected chi connectivity index (χ4v) is 3.03. The van der Waals surface area contributed by atoms with Crippen molar-refractivity contribution < 1.29 is 0 Å². The minimum Gasteiger partial charge on any atom is -0.324 e. The Morgan fingerprint density at radius 3 is 2.15 bits per heavy atom. The quantitative estimate of drug-likeness (QED) is 0.734. The van der Waals surface area contributed by atoms with Crippen molar-refractivity contribution in [3.8, 4) is 0 Å². The zero-order chi connectivity index (χ0) is 9.90. The van der Waals surface area contributed by atoms with E-state index < -0.39 is 8.07 Å². The molecule has 1 nitrogen and oxygen atoms in total. The molecule has 2 N–H and O–H groups in total. The van der Waals surface area contributed by atoms with Crippen LogP contribution in [-0.2, 0) is 0 Å². The van der Waals surface area contributed by atoms with E-state index in [9.17, 15) is 0 Å². The monoisotopic (exact) mass is 193 g/mol. The predicted molar refractivity (Wildman–Crippen MR) is 61.5 cm³/mol. The Kier molecular flexibility index (Phi) is 3.28. The lowest BCUT2D eigenvalue weighted by atomic mass is 10.1. The van der Waals surface area contributed by atoms with E-state index in [-0.39, 0.29) is 6.04 Å². The molecule has 0 heterocycles. The summed E-state index contributed by atoms with van der Waals surface area (Å²) in [4.78, 5) is 0. The number of nitrogens with two attached hydrogens (primary N) is 1. The van der Waals surface area contributed by atoms with Crippen molar-refractivity contribution in [1.29, 1.82) is 0 Å². The van der Waals surface area contributed by atoms with Gasteiger partial charge in [0.15, 0.2) is 0 Å². The number of rotatable bonds is 3. The highest BCUT2D eigenvalue weighted by Gasteiger charge is 2.18. The van der Waals surface area contributed by atoms with Gasteiger partial charge in [-0.1, -0.05) is 50.0 Å². The van der Waals surface area contributed by atoms with Crippen LogP contribution in [0.5, 0.6) is 0 Å². The Bertz CT molecular complexity index is 251. The van der Waals surface area contributed by atoms with Crippen molar-refractivity contribution in [2.24, 2.45) is 5.73 Å². The summed E-state index contributed by atoms with van der Waals surface area (Å²) >= 11 is 0. The smallest absolute Gasteiger partial charge is 0.0461 e. The summed E-state index contributed by atoms with van der Waals surface area (Å²) < 4.78 is 0. The van der Waals surface area contributed by atoms with Gasteiger partial charge < -0.3 is 5.73 Å². The van der Waals surface area contributed by atoms with Gasteiger partial charge in [0, 0.05) is 14.1 Å². The molecule has 0 saturated heterocycles. The molecule has 1 unspecified atom stereocenters. The summed E-state index contributed by atoms with van der Waals surface area (Å²) in [6.45, 7) is 7.07. The van der Waals surface area contributed by atoms with Crippen LogP contribution in [0.4, 0.5) is 0 Å². The van der Waals surface area contributed by atoms with Gasteiger partial charge in [0.05, 0.1) is 0 Å². The van der Waals surface area contributed by atoms with E-state index in [4.69, 9.17) is 5.73 Å². The molecular weight excluding hydrogens is 174 g/mol. The SMILES string of the molecule is C[Si](C)(C)CC(N)c1ccccc1. The van der Waals surface area contributed by atoms with Crippen molar-refractivity contribution in [1.82, 2.24) is 0 Å². The van der Waals surface area contributed by atoms with Crippen LogP contribution in [0.15, 0.2) is 30.3 Å². The molecule has 1 aromatic carbocycles. The van der Waals surface area contributed by atoms with Crippen LogP contribution in [0.25, 0.3) is 0 Å². The standard InChI is InChI=1S/C11H19NSi/c1-13(2,3)9-11(12)10-7-5-4-6-8-10/h4-8,11H,9,12H2,1-3H3. The van der Waals surface area contributed by atoms with E-state index >= 15 is 0 Å². The highest BCUT2D eigenvalue weighted by atomic mass is 28.3. The molecule has 0 amide bonds. The van der Waals surface area contributed by atoms with Gasteiger partial charge in [-0.25, -0.2) is 0 Å². The molecule has 1 atom stereocenters. The molecule has 0 saturated carbocycles. The lowest BCUT2D eigenvalue weighted by Gasteiger charge is -2.21. The Morgan fingerprint density at radius 2 is 1.69 bits per heavy atom. The molecule has 0 radical (unpaired) electrons. The van der Waals surface area contributed by atoms with E-state index in [2.05, 4.69) is 43.9 Å². The zero-order valence-electron chi connectivity index (χ0n) is 8.75. The van der Waals surface area contributed by atoms with E-state index in [1.165, 1.54) is 5.56 Å². The molecule has 13 heavy (non-hydrogen) atoms. The maximum absolute atomic E-state index is 6.12. The number of hydrogen-bond donors (Lipinski definition) is 1. The zero-order valence-corrected chi connectivity index (χ0v) is 9.75. The van der Waals surface area contributed by atoms with Gasteiger partial charge >= 0.3 is 0 Å². The van der Waals surface area contributed by atoms with Crippen molar-refractivity contribution >= 4 is 8.07 Å². The first kappa shape index (κ1) is 10.5. The molecular formula is C11H19NSi. The van der Waals surface area contributed by atoms with Crippen molar-refractivity contribution in [2.75, 3.05) is 0 Å². The minimum atomic E-state index is -1.03. The number of hydrogen-bond acceptors (Lipinski definition) is 1. The molecule has 0 aliphatic rings. The second-order valence-corrected chi connectivity index (χ2v) is 10.3. The first-order chi connectivity index (χ1) is 5.99. The fraction of sp³-hybridized carbons (Fsp3) is 0.455. The first-order valence-electron chi connectivity index (χ1n) is 4.79. The van der Waals surface area contributed by atoms with Gasteiger partial charge in [-0.3, -0.25) is 0 Å². The van der Waals surface area contributed by atoms with Gasteiger partial charge in [0.1, 0.15) is 0 Å². The van der Waals surface area contributed by atoms with E-state index in [1.54, 1.807) is 0 Å². The van der Waals surface area contributed by atoms with E-state index in [0.29, 0.717) is 0 Å². The lowest BCUT2D eigenvalue weighted by Crippen LogP contribution is -2.26. The second-order valence-electron chi connectivity index (χ2n) is 4.78. The first-order valence-corrected chi connectivity index (χ1v) is 8.50. The van der Waals surface area contributed by atoms with Crippen LogP contribution in [0, 0.1) is 0 Å². The highest BCUT2D eigenvalue weighted by Crippen LogP contribution is 2.21. The lowest BCUT2D eigenvalue weighted by molar-refractivity contribution is 0.800. The van der Waals surface area contributed by atoms with Gasteiger partial charge in [0.2, 0.25) is 0 Å². The van der Waals surface area contributed by atoms with E-state index in [0.717, 1.165) is 6.04 Å². The molecule has 72 valence electrons. The predicted octanol–water partition coefficient (Wildman–Crippen LogP) is 3.02. The third-order valence-corrected chi connectivity index (χ3v) is 3.72. The average Bonchev–Trinajstić information content (AvgIpc) is 2.03. The van der Waals surface area contributed by atoms with Crippen molar-refractivity contribution in [2.45, 2.75) is 31.7 Å². The Morgan fingerprint density at radius 1 is 1.15 bits per heavy atom. The summed E-state index contributed by atoms with van der Waals surface area (Å²) in [6.07, 6.45) is 0. The summed E-state index contributed by atoms with van der Waals surface area (Å²) in [7, 11) is -1.03. The van der Waals surface area contributed by atoms with Crippen LogP contribution in [0.3, 0.4) is 0 Å². The van der Waals surface area contributed by atoms with Gasteiger partial charge in [-0.15, -0.1) is 0 Å². The molecule has 0 bridgehead atoms. The summed E-state index contributed by atoms with van der Waals surface area (Å²) in [5.41, 5.74) is 7.38. The Labute approximate surface area is 82.0 Å². The molecule has 0 spiro atoms. The van der Waals surface area contributed by atoms with Crippen LogP contribution in [0.2, 0.25) is 25.7 Å². The minimum absolute atomic E-state index is 0.230. The van der Waals surface area contributed by atoms with Crippen molar-refractivity contribution in [3.05, 3.63) is 35.9 Å².